The van der Waals surface area contributed by atoms with Crippen molar-refractivity contribution in [2.45, 2.75) is 45.2 Å². The molecule has 2 N–H and O–H groups in total. The van der Waals surface area contributed by atoms with Gasteiger partial charge < -0.3 is 5.73 Å². The van der Waals surface area contributed by atoms with E-state index in [2.05, 4.69) is 17.2 Å². The first-order valence-corrected chi connectivity index (χ1v) is 5.45. The van der Waals surface area contributed by atoms with Crippen LogP contribution in [0.3, 0.4) is 0 Å². The second kappa shape index (κ2) is 4.09. The highest BCUT2D eigenvalue weighted by atomic mass is 15.4. The highest BCUT2D eigenvalue weighted by molar-refractivity contribution is 4.99. The van der Waals surface area contributed by atoms with E-state index < -0.39 is 0 Å². The molecule has 0 saturated heterocycles. The summed E-state index contributed by atoms with van der Waals surface area (Å²) in [4.78, 5) is 0. The Morgan fingerprint density at radius 3 is 3.07 bits per heavy atom. The van der Waals surface area contributed by atoms with Gasteiger partial charge in [-0.2, -0.15) is 0 Å². The summed E-state index contributed by atoms with van der Waals surface area (Å²) in [6.45, 7) is 3.15. The van der Waals surface area contributed by atoms with E-state index in [1.807, 2.05) is 10.9 Å². The van der Waals surface area contributed by atoms with Crippen molar-refractivity contribution in [2.75, 3.05) is 0 Å². The van der Waals surface area contributed by atoms with E-state index in [0.717, 1.165) is 31.0 Å². The first-order valence-electron chi connectivity index (χ1n) is 5.45. The van der Waals surface area contributed by atoms with Gasteiger partial charge in [0, 0.05) is 6.54 Å². The van der Waals surface area contributed by atoms with E-state index in [9.17, 15) is 0 Å². The fourth-order valence-electron chi connectivity index (χ4n) is 1.60. The van der Waals surface area contributed by atoms with Crippen molar-refractivity contribution < 1.29 is 0 Å². The predicted molar refractivity (Wildman–Crippen MR) is 54.6 cm³/mol. The Morgan fingerprint density at radius 1 is 1.64 bits per heavy atom. The molecule has 1 unspecified atom stereocenters. The molecule has 78 valence electrons. The molecule has 1 aromatic heterocycles. The van der Waals surface area contributed by atoms with Crippen LogP contribution in [0, 0.1) is 5.92 Å². The average Bonchev–Trinajstić information content (AvgIpc) is 2.82. The summed E-state index contributed by atoms with van der Waals surface area (Å²) in [6.07, 6.45) is 6.77. The molecule has 1 aromatic rings. The van der Waals surface area contributed by atoms with Gasteiger partial charge in [0.25, 0.3) is 0 Å². The van der Waals surface area contributed by atoms with Gasteiger partial charge in [0.15, 0.2) is 0 Å². The SMILES string of the molecule is CCCC(N)c1cn(CC2CC2)nn1. The number of nitrogens with two attached hydrogens (primary N) is 1. The highest BCUT2D eigenvalue weighted by Gasteiger charge is 2.22. The van der Waals surface area contributed by atoms with Crippen LogP contribution in [0.1, 0.15) is 44.3 Å². The van der Waals surface area contributed by atoms with Crippen LogP contribution in [0.4, 0.5) is 0 Å². The quantitative estimate of drug-likeness (QED) is 0.772. The zero-order valence-corrected chi connectivity index (χ0v) is 8.69. The fraction of sp³-hybridized carbons (Fsp3) is 0.800. The van der Waals surface area contributed by atoms with Crippen molar-refractivity contribution >= 4 is 0 Å². The smallest absolute Gasteiger partial charge is 0.0994 e. The van der Waals surface area contributed by atoms with E-state index in [4.69, 9.17) is 5.73 Å². The van der Waals surface area contributed by atoms with E-state index in [-0.39, 0.29) is 6.04 Å². The molecule has 1 saturated carbocycles. The van der Waals surface area contributed by atoms with Gasteiger partial charge in [0.2, 0.25) is 0 Å². The van der Waals surface area contributed by atoms with Crippen LogP contribution in [0.15, 0.2) is 6.20 Å². The Hall–Kier alpha value is -0.900. The van der Waals surface area contributed by atoms with Gasteiger partial charge in [0.05, 0.1) is 17.9 Å². The molecule has 1 aliphatic rings. The van der Waals surface area contributed by atoms with E-state index in [0.29, 0.717) is 0 Å². The summed E-state index contributed by atoms with van der Waals surface area (Å²) in [7, 11) is 0. The third kappa shape index (κ3) is 2.32. The van der Waals surface area contributed by atoms with Crippen LogP contribution in [-0.2, 0) is 6.54 Å². The van der Waals surface area contributed by atoms with Crippen molar-refractivity contribution in [3.63, 3.8) is 0 Å². The van der Waals surface area contributed by atoms with Crippen LogP contribution in [0.2, 0.25) is 0 Å². The monoisotopic (exact) mass is 194 g/mol. The molecule has 4 nitrogen and oxygen atoms in total. The molecule has 0 aromatic carbocycles. The number of nitrogens with zero attached hydrogens (tertiary/aromatic N) is 3. The van der Waals surface area contributed by atoms with Gasteiger partial charge in [0.1, 0.15) is 0 Å². The second-order valence-electron chi connectivity index (χ2n) is 4.20. The topological polar surface area (TPSA) is 56.7 Å². The van der Waals surface area contributed by atoms with E-state index in [1.54, 1.807) is 0 Å². The maximum absolute atomic E-state index is 5.95. The van der Waals surface area contributed by atoms with Crippen LogP contribution >= 0.6 is 0 Å². The van der Waals surface area contributed by atoms with E-state index in [1.165, 1.54) is 12.8 Å². The van der Waals surface area contributed by atoms with Gasteiger partial charge >= 0.3 is 0 Å². The Labute approximate surface area is 84.5 Å². The Morgan fingerprint density at radius 2 is 2.43 bits per heavy atom. The number of hydrogen-bond acceptors (Lipinski definition) is 3. The molecule has 1 aliphatic carbocycles. The molecule has 1 fully saturated rings. The summed E-state index contributed by atoms with van der Waals surface area (Å²) < 4.78 is 1.93. The zero-order valence-electron chi connectivity index (χ0n) is 8.69. The minimum absolute atomic E-state index is 0.0629. The molecule has 0 spiro atoms. The molecule has 2 rings (SSSR count). The maximum atomic E-state index is 5.95. The number of hydrogen-bond donors (Lipinski definition) is 1. The minimum atomic E-state index is 0.0629. The molecule has 1 atom stereocenters. The summed E-state index contributed by atoms with van der Waals surface area (Å²) >= 11 is 0. The molecule has 14 heavy (non-hydrogen) atoms. The van der Waals surface area contributed by atoms with Crippen LogP contribution in [0.25, 0.3) is 0 Å². The van der Waals surface area contributed by atoms with E-state index >= 15 is 0 Å². The predicted octanol–water partition coefficient (Wildman–Crippen LogP) is 1.49. The van der Waals surface area contributed by atoms with Gasteiger partial charge in [-0.1, -0.05) is 18.6 Å². The highest BCUT2D eigenvalue weighted by Crippen LogP contribution is 2.30. The average molecular weight is 194 g/mol. The lowest BCUT2D eigenvalue weighted by Gasteiger charge is -2.04. The van der Waals surface area contributed by atoms with Crippen LogP contribution < -0.4 is 5.73 Å². The second-order valence-corrected chi connectivity index (χ2v) is 4.20. The first kappa shape index (κ1) is 9.65. The molecule has 4 heteroatoms. The molecule has 0 aliphatic heterocycles. The van der Waals surface area contributed by atoms with Crippen LogP contribution in [0.5, 0.6) is 0 Å². The molecule has 0 bridgehead atoms. The number of rotatable bonds is 5. The van der Waals surface area contributed by atoms with Gasteiger partial charge in [-0.3, -0.25) is 4.68 Å². The van der Waals surface area contributed by atoms with Crippen molar-refractivity contribution in [2.24, 2.45) is 11.7 Å². The molecular weight excluding hydrogens is 176 g/mol. The largest absolute Gasteiger partial charge is 0.323 e. The van der Waals surface area contributed by atoms with Crippen molar-refractivity contribution in [3.8, 4) is 0 Å². The molecular formula is C10H18N4. The summed E-state index contributed by atoms with van der Waals surface area (Å²) in [5, 5.41) is 8.19. The lowest BCUT2D eigenvalue weighted by Crippen LogP contribution is -2.10. The Balaban J connectivity index is 1.93. The normalized spacial score (nSPS) is 18.4. The molecule has 0 radical (unpaired) electrons. The van der Waals surface area contributed by atoms with Gasteiger partial charge in [-0.05, 0) is 25.2 Å². The molecule has 0 amide bonds. The Kier molecular flexibility index (Phi) is 2.82. The summed E-state index contributed by atoms with van der Waals surface area (Å²) in [5.74, 6) is 0.840. The lowest BCUT2D eigenvalue weighted by atomic mass is 10.1. The molecule has 1 heterocycles. The van der Waals surface area contributed by atoms with Crippen LogP contribution in [-0.4, -0.2) is 15.0 Å². The van der Waals surface area contributed by atoms with Crippen molar-refractivity contribution in [1.29, 1.82) is 0 Å². The van der Waals surface area contributed by atoms with Gasteiger partial charge in [-0.15, -0.1) is 5.10 Å². The standard InChI is InChI=1S/C10H18N4/c1-2-3-9(11)10-7-14(13-12-10)6-8-4-5-8/h7-9H,2-6,11H2,1H3. The van der Waals surface area contributed by atoms with Crippen molar-refractivity contribution in [1.82, 2.24) is 15.0 Å². The van der Waals surface area contributed by atoms with Gasteiger partial charge in [-0.25, -0.2) is 0 Å². The zero-order chi connectivity index (χ0) is 9.97. The Bertz CT molecular complexity index is 290. The third-order valence-electron chi connectivity index (χ3n) is 2.68. The summed E-state index contributed by atoms with van der Waals surface area (Å²) in [6, 6.07) is 0.0629. The minimum Gasteiger partial charge on any atom is -0.323 e. The maximum Gasteiger partial charge on any atom is 0.0994 e. The summed E-state index contributed by atoms with van der Waals surface area (Å²) in [5.41, 5.74) is 6.89. The first-order chi connectivity index (χ1) is 6.79. The fourth-order valence-corrected chi connectivity index (χ4v) is 1.60. The lowest BCUT2D eigenvalue weighted by molar-refractivity contribution is 0.544. The third-order valence-corrected chi connectivity index (χ3v) is 2.68. The van der Waals surface area contributed by atoms with Crippen molar-refractivity contribution in [3.05, 3.63) is 11.9 Å². The number of aromatic nitrogens is 3.